The highest BCUT2D eigenvalue weighted by Crippen LogP contribution is 2.44. The lowest BCUT2D eigenvalue weighted by Crippen LogP contribution is -2.13. The van der Waals surface area contributed by atoms with Crippen molar-refractivity contribution in [2.75, 3.05) is 19.0 Å². The van der Waals surface area contributed by atoms with E-state index in [9.17, 15) is 0 Å². The van der Waals surface area contributed by atoms with Gasteiger partial charge >= 0.3 is 0 Å². The molecule has 2 rings (SSSR count). The minimum absolute atomic E-state index is 0.489. The maximum absolute atomic E-state index is 5.21. The highest BCUT2D eigenvalue weighted by molar-refractivity contribution is 5.49. The Hall–Kier alpha value is -1.25. The summed E-state index contributed by atoms with van der Waals surface area (Å²) < 4.78 is 5.21. The van der Waals surface area contributed by atoms with Gasteiger partial charge in [0.2, 0.25) is 0 Å². The van der Waals surface area contributed by atoms with E-state index in [0.29, 0.717) is 5.41 Å². The molecule has 1 aromatic rings. The molecule has 1 aromatic heterocycles. The molecule has 14 heavy (non-hydrogen) atoms. The molecule has 1 aliphatic rings. The highest BCUT2D eigenvalue weighted by Gasteiger charge is 2.36. The van der Waals surface area contributed by atoms with Gasteiger partial charge in [-0.2, -0.15) is 0 Å². The average Bonchev–Trinajstić information content (AvgIpc) is 2.95. The first-order chi connectivity index (χ1) is 6.73. The third-order valence-corrected chi connectivity index (χ3v) is 2.78. The lowest BCUT2D eigenvalue weighted by molar-refractivity contribution is 0.414. The molecule has 3 heteroatoms. The number of rotatable bonds is 4. The van der Waals surface area contributed by atoms with Crippen LogP contribution in [0.2, 0.25) is 0 Å². The molecule has 0 radical (unpaired) electrons. The summed E-state index contributed by atoms with van der Waals surface area (Å²) in [5, 5.41) is 3.33. The summed E-state index contributed by atoms with van der Waals surface area (Å²) >= 11 is 0. The number of aromatic nitrogens is 1. The normalized spacial score (nSPS) is 17.6. The maximum atomic E-state index is 5.21. The molecule has 0 spiro atoms. The van der Waals surface area contributed by atoms with Crippen LogP contribution in [0, 0.1) is 5.41 Å². The Labute approximate surface area is 84.5 Å². The van der Waals surface area contributed by atoms with E-state index < -0.39 is 0 Å². The Morgan fingerprint density at radius 3 is 3.00 bits per heavy atom. The standard InChI is InChI=1S/C11H16N2O/c1-11(5-6-11)8-13-10-9(14-2)4-3-7-12-10/h3-4,7H,5-6,8H2,1-2H3,(H,12,13). The smallest absolute Gasteiger partial charge is 0.168 e. The van der Waals surface area contributed by atoms with Crippen molar-refractivity contribution in [2.24, 2.45) is 5.41 Å². The number of pyridine rings is 1. The van der Waals surface area contributed by atoms with Crippen molar-refractivity contribution in [3.63, 3.8) is 0 Å². The van der Waals surface area contributed by atoms with Crippen molar-refractivity contribution in [2.45, 2.75) is 19.8 Å². The van der Waals surface area contributed by atoms with E-state index in [4.69, 9.17) is 4.74 Å². The molecule has 1 N–H and O–H groups in total. The molecular formula is C11H16N2O. The first kappa shape index (κ1) is 9.31. The molecule has 0 saturated heterocycles. The van der Waals surface area contributed by atoms with Crippen LogP contribution in [0.25, 0.3) is 0 Å². The maximum Gasteiger partial charge on any atom is 0.168 e. The van der Waals surface area contributed by atoms with Crippen LogP contribution in [0.5, 0.6) is 5.75 Å². The van der Waals surface area contributed by atoms with Crippen LogP contribution < -0.4 is 10.1 Å². The molecule has 0 bridgehead atoms. The molecule has 0 atom stereocenters. The van der Waals surface area contributed by atoms with Crippen molar-refractivity contribution in [3.05, 3.63) is 18.3 Å². The summed E-state index contributed by atoms with van der Waals surface area (Å²) in [6.45, 7) is 3.27. The summed E-state index contributed by atoms with van der Waals surface area (Å²) in [5.74, 6) is 1.67. The Balaban J connectivity index is 2.00. The molecule has 76 valence electrons. The molecule has 1 fully saturated rings. The predicted molar refractivity (Wildman–Crippen MR) is 56.6 cm³/mol. The summed E-state index contributed by atoms with van der Waals surface area (Å²) in [5.41, 5.74) is 0.489. The van der Waals surface area contributed by atoms with Crippen LogP contribution in [0.1, 0.15) is 19.8 Å². The monoisotopic (exact) mass is 192 g/mol. The lowest BCUT2D eigenvalue weighted by atomic mass is 10.1. The van der Waals surface area contributed by atoms with Crippen molar-refractivity contribution < 1.29 is 4.74 Å². The molecule has 1 aliphatic carbocycles. The minimum Gasteiger partial charge on any atom is -0.493 e. The van der Waals surface area contributed by atoms with Crippen molar-refractivity contribution in [1.82, 2.24) is 4.98 Å². The number of ether oxygens (including phenoxy) is 1. The second-order valence-corrected chi connectivity index (χ2v) is 4.22. The van der Waals surface area contributed by atoms with Gasteiger partial charge in [-0.05, 0) is 30.4 Å². The fraction of sp³-hybridized carbons (Fsp3) is 0.545. The van der Waals surface area contributed by atoms with Crippen LogP contribution >= 0.6 is 0 Å². The molecule has 3 nitrogen and oxygen atoms in total. The van der Waals surface area contributed by atoms with E-state index in [0.717, 1.165) is 18.1 Å². The van der Waals surface area contributed by atoms with Crippen molar-refractivity contribution in [1.29, 1.82) is 0 Å². The van der Waals surface area contributed by atoms with Gasteiger partial charge in [-0.1, -0.05) is 6.92 Å². The molecule has 1 saturated carbocycles. The van der Waals surface area contributed by atoms with Gasteiger partial charge in [-0.25, -0.2) is 4.98 Å². The lowest BCUT2D eigenvalue weighted by Gasteiger charge is -2.12. The third kappa shape index (κ3) is 1.97. The SMILES string of the molecule is COc1cccnc1NCC1(C)CC1. The van der Waals surface area contributed by atoms with Gasteiger partial charge in [0, 0.05) is 12.7 Å². The van der Waals surface area contributed by atoms with Crippen LogP contribution in [0.4, 0.5) is 5.82 Å². The topological polar surface area (TPSA) is 34.1 Å². The fourth-order valence-corrected chi connectivity index (χ4v) is 1.38. The third-order valence-electron chi connectivity index (χ3n) is 2.78. The van der Waals surface area contributed by atoms with E-state index in [2.05, 4.69) is 17.2 Å². The highest BCUT2D eigenvalue weighted by atomic mass is 16.5. The first-order valence-electron chi connectivity index (χ1n) is 4.96. The van der Waals surface area contributed by atoms with Gasteiger partial charge in [0.1, 0.15) is 0 Å². The van der Waals surface area contributed by atoms with Gasteiger partial charge in [0.15, 0.2) is 11.6 Å². The Bertz CT molecular complexity index is 321. The van der Waals surface area contributed by atoms with Gasteiger partial charge in [0.05, 0.1) is 7.11 Å². The fourth-order valence-electron chi connectivity index (χ4n) is 1.38. The number of nitrogens with one attached hydrogen (secondary N) is 1. The zero-order chi connectivity index (χ0) is 10.0. The summed E-state index contributed by atoms with van der Waals surface area (Å²) in [6, 6.07) is 3.80. The van der Waals surface area contributed by atoms with E-state index in [1.807, 2.05) is 12.1 Å². The number of methoxy groups -OCH3 is 1. The molecule has 0 amide bonds. The Morgan fingerprint density at radius 2 is 2.36 bits per heavy atom. The van der Waals surface area contributed by atoms with E-state index >= 15 is 0 Å². The largest absolute Gasteiger partial charge is 0.493 e. The second-order valence-electron chi connectivity index (χ2n) is 4.22. The van der Waals surface area contributed by atoms with Gasteiger partial charge in [-0.3, -0.25) is 0 Å². The summed E-state index contributed by atoms with van der Waals surface area (Å²) in [6.07, 6.45) is 4.41. The molecular weight excluding hydrogens is 176 g/mol. The molecule has 0 aliphatic heterocycles. The van der Waals surface area contributed by atoms with Crippen LogP contribution in [0.15, 0.2) is 18.3 Å². The van der Waals surface area contributed by atoms with Crippen molar-refractivity contribution in [3.8, 4) is 5.75 Å². The first-order valence-corrected chi connectivity index (χ1v) is 4.96. The quantitative estimate of drug-likeness (QED) is 0.794. The molecule has 0 unspecified atom stereocenters. The summed E-state index contributed by atoms with van der Waals surface area (Å²) in [4.78, 5) is 4.24. The number of nitrogens with zero attached hydrogens (tertiary/aromatic N) is 1. The van der Waals surface area contributed by atoms with E-state index in [-0.39, 0.29) is 0 Å². The van der Waals surface area contributed by atoms with Crippen LogP contribution in [0.3, 0.4) is 0 Å². The minimum atomic E-state index is 0.489. The van der Waals surface area contributed by atoms with Crippen molar-refractivity contribution >= 4 is 5.82 Å². The number of anilines is 1. The van der Waals surface area contributed by atoms with Gasteiger partial charge in [0.25, 0.3) is 0 Å². The van der Waals surface area contributed by atoms with E-state index in [1.54, 1.807) is 13.3 Å². The summed E-state index contributed by atoms with van der Waals surface area (Å²) in [7, 11) is 1.67. The predicted octanol–water partition coefficient (Wildman–Crippen LogP) is 2.30. The van der Waals surface area contributed by atoms with Gasteiger partial charge < -0.3 is 10.1 Å². The van der Waals surface area contributed by atoms with Gasteiger partial charge in [-0.15, -0.1) is 0 Å². The molecule has 1 heterocycles. The molecule has 0 aromatic carbocycles. The number of hydrogen-bond acceptors (Lipinski definition) is 3. The van der Waals surface area contributed by atoms with Crippen LogP contribution in [-0.2, 0) is 0 Å². The Kier molecular flexibility index (Phi) is 2.32. The second kappa shape index (κ2) is 3.48. The van der Waals surface area contributed by atoms with Crippen LogP contribution in [-0.4, -0.2) is 18.6 Å². The average molecular weight is 192 g/mol. The Morgan fingerprint density at radius 1 is 1.57 bits per heavy atom. The zero-order valence-electron chi connectivity index (χ0n) is 8.71. The number of hydrogen-bond donors (Lipinski definition) is 1. The zero-order valence-corrected chi connectivity index (χ0v) is 8.71. The van der Waals surface area contributed by atoms with E-state index in [1.165, 1.54) is 12.8 Å².